The number of carbonyl (C=O) groups is 2. The third kappa shape index (κ3) is 5.03. The van der Waals surface area contributed by atoms with E-state index in [0.29, 0.717) is 35.7 Å². The van der Waals surface area contributed by atoms with Crippen molar-refractivity contribution in [2.75, 3.05) is 13.8 Å². The van der Waals surface area contributed by atoms with Gasteiger partial charge in [0, 0.05) is 13.5 Å². The van der Waals surface area contributed by atoms with Crippen molar-refractivity contribution in [3.63, 3.8) is 0 Å². The third-order valence-corrected chi connectivity index (χ3v) is 6.21. The van der Waals surface area contributed by atoms with Crippen LogP contribution >= 0.6 is 0 Å². The number of amides is 2. The molecule has 34 heavy (non-hydrogen) atoms. The number of nitrogens with zero attached hydrogens (tertiary/aromatic N) is 1. The smallest absolute Gasteiger partial charge is 0.258 e. The van der Waals surface area contributed by atoms with Crippen LogP contribution in [0.4, 0.5) is 0 Å². The molecule has 0 spiro atoms. The number of ether oxygens (including phenoxy) is 3. The number of benzene rings is 2. The van der Waals surface area contributed by atoms with Gasteiger partial charge in [-0.05, 0) is 49.1 Å². The number of para-hydroxylation sites is 1. The highest BCUT2D eigenvalue weighted by Gasteiger charge is 2.33. The Hall–Kier alpha value is -3.48. The highest BCUT2D eigenvalue weighted by Crippen LogP contribution is 2.35. The lowest BCUT2D eigenvalue weighted by molar-refractivity contribution is -0.127. The molecule has 4 rings (SSSR count). The van der Waals surface area contributed by atoms with Crippen molar-refractivity contribution < 1.29 is 23.8 Å². The summed E-state index contributed by atoms with van der Waals surface area (Å²) >= 11 is 0. The highest BCUT2D eigenvalue weighted by atomic mass is 16.7. The zero-order chi connectivity index (χ0) is 24.2. The van der Waals surface area contributed by atoms with Gasteiger partial charge in [-0.15, -0.1) is 0 Å². The molecule has 0 fully saturated rings. The second kappa shape index (κ2) is 10.2. The monoisotopic (exact) mass is 464 g/mol. The number of rotatable bonds is 2. The summed E-state index contributed by atoms with van der Waals surface area (Å²) in [5.41, 5.74) is 1.36. The lowest BCUT2D eigenvalue weighted by atomic mass is 9.97. The molecule has 2 aromatic carbocycles. The summed E-state index contributed by atoms with van der Waals surface area (Å²) in [5, 5.41) is 3.18. The highest BCUT2D eigenvalue weighted by molar-refractivity contribution is 5.99. The average Bonchev–Trinajstić information content (AvgIpc) is 3.28. The van der Waals surface area contributed by atoms with Crippen LogP contribution in [0.3, 0.4) is 0 Å². The maximum Gasteiger partial charge on any atom is 0.258 e. The van der Waals surface area contributed by atoms with Crippen LogP contribution in [0.25, 0.3) is 0 Å². The molecule has 3 atom stereocenters. The molecule has 7 nitrogen and oxygen atoms in total. The van der Waals surface area contributed by atoms with Crippen LogP contribution in [0, 0.1) is 5.92 Å². The number of carbonyl (C=O) groups excluding carboxylic acids is 2. The molecule has 0 bridgehead atoms. The number of hydrogen-bond acceptors (Lipinski definition) is 5. The predicted octanol–water partition coefficient (Wildman–Crippen LogP) is 4.49. The molecule has 0 aliphatic carbocycles. The first-order valence-electron chi connectivity index (χ1n) is 11.7. The molecule has 1 N–H and O–H groups in total. The quantitative estimate of drug-likeness (QED) is 0.663. The molecular formula is C27H32N2O5. The standard InChI is InChI=1S/C27H32N2O5/c1-17(2)25-26(30)28-21(19-13-14-23-24(15-19)33-16-32-23)11-7-5-9-18(3)34-22-12-8-6-10-20(22)27(31)29(25)4/h5-8,10,12-15,17-18,21,25H,9,11,16H2,1-4H3,(H,28,30)/b7-5-/t18-,21-,25+/m1/s1. The second-order valence-corrected chi connectivity index (χ2v) is 9.15. The van der Waals surface area contributed by atoms with Gasteiger partial charge in [0.05, 0.1) is 17.7 Å². The normalized spacial score (nSPS) is 24.1. The summed E-state index contributed by atoms with van der Waals surface area (Å²) < 4.78 is 17.1. The fraction of sp³-hybridized carbons (Fsp3) is 0.407. The zero-order valence-corrected chi connectivity index (χ0v) is 20.1. The summed E-state index contributed by atoms with van der Waals surface area (Å²) in [6.45, 7) is 6.06. The van der Waals surface area contributed by atoms with Crippen molar-refractivity contribution in [3.8, 4) is 17.2 Å². The van der Waals surface area contributed by atoms with Crippen molar-refractivity contribution in [2.24, 2.45) is 5.92 Å². The zero-order valence-electron chi connectivity index (χ0n) is 20.1. The molecule has 2 heterocycles. The molecule has 2 aromatic rings. The van der Waals surface area contributed by atoms with Gasteiger partial charge in [-0.2, -0.15) is 0 Å². The Morgan fingerprint density at radius 2 is 1.71 bits per heavy atom. The Morgan fingerprint density at radius 3 is 2.50 bits per heavy atom. The minimum atomic E-state index is -0.651. The molecule has 7 heteroatoms. The Morgan fingerprint density at radius 1 is 0.971 bits per heavy atom. The van der Waals surface area contributed by atoms with Gasteiger partial charge in [0.15, 0.2) is 11.5 Å². The number of hydrogen-bond donors (Lipinski definition) is 1. The van der Waals surface area contributed by atoms with Gasteiger partial charge in [-0.1, -0.05) is 44.2 Å². The van der Waals surface area contributed by atoms with Gasteiger partial charge in [-0.25, -0.2) is 0 Å². The van der Waals surface area contributed by atoms with E-state index in [0.717, 1.165) is 5.56 Å². The number of nitrogens with one attached hydrogen (secondary N) is 1. The number of fused-ring (bicyclic) bond motifs is 2. The molecule has 2 aliphatic rings. The first kappa shape index (κ1) is 23.7. The molecule has 2 aliphatic heterocycles. The van der Waals surface area contributed by atoms with Crippen LogP contribution in [0.5, 0.6) is 17.2 Å². The largest absolute Gasteiger partial charge is 0.490 e. The van der Waals surface area contributed by atoms with Crippen LogP contribution in [0.2, 0.25) is 0 Å². The lowest BCUT2D eigenvalue weighted by Crippen LogP contribution is -2.51. The lowest BCUT2D eigenvalue weighted by Gasteiger charge is -2.32. The predicted molar refractivity (Wildman–Crippen MR) is 129 cm³/mol. The van der Waals surface area contributed by atoms with Crippen LogP contribution in [0.15, 0.2) is 54.6 Å². The van der Waals surface area contributed by atoms with E-state index in [9.17, 15) is 9.59 Å². The second-order valence-electron chi connectivity index (χ2n) is 9.15. The molecule has 0 saturated carbocycles. The minimum absolute atomic E-state index is 0.0955. The van der Waals surface area contributed by atoms with E-state index in [1.807, 2.05) is 51.1 Å². The van der Waals surface area contributed by atoms with Crippen LogP contribution in [-0.4, -0.2) is 42.7 Å². The van der Waals surface area contributed by atoms with Crippen molar-refractivity contribution in [3.05, 3.63) is 65.7 Å². The third-order valence-electron chi connectivity index (χ3n) is 6.21. The summed E-state index contributed by atoms with van der Waals surface area (Å²) in [5.74, 6) is 1.35. The van der Waals surface area contributed by atoms with E-state index in [1.54, 1.807) is 19.2 Å². The fourth-order valence-corrected chi connectivity index (χ4v) is 4.44. The molecular weight excluding hydrogens is 432 g/mol. The average molecular weight is 465 g/mol. The SMILES string of the molecule is CC(C)[C@H]1C(=O)N[C@@H](c2ccc3c(c2)OCO3)C/C=C\C[C@@H](C)Oc2ccccc2C(=O)N1C. The van der Waals surface area contributed by atoms with Gasteiger partial charge in [0.1, 0.15) is 11.8 Å². The minimum Gasteiger partial charge on any atom is -0.490 e. The summed E-state index contributed by atoms with van der Waals surface area (Å²) in [6.07, 6.45) is 5.27. The van der Waals surface area contributed by atoms with Gasteiger partial charge in [0.25, 0.3) is 5.91 Å². The van der Waals surface area contributed by atoms with Crippen LogP contribution in [0.1, 0.15) is 55.6 Å². The van der Waals surface area contributed by atoms with Gasteiger partial charge >= 0.3 is 0 Å². The maximum atomic E-state index is 13.5. The van der Waals surface area contributed by atoms with Gasteiger partial charge < -0.3 is 24.4 Å². The summed E-state index contributed by atoms with van der Waals surface area (Å²) in [4.78, 5) is 28.5. The fourth-order valence-electron chi connectivity index (χ4n) is 4.44. The molecule has 0 aromatic heterocycles. The number of likely N-dealkylation sites (N-methyl/N-ethyl adjacent to an activating group) is 1. The van der Waals surface area contributed by atoms with E-state index in [2.05, 4.69) is 17.5 Å². The van der Waals surface area contributed by atoms with E-state index < -0.39 is 6.04 Å². The Kier molecular flexibility index (Phi) is 7.10. The Balaban J connectivity index is 1.69. The van der Waals surface area contributed by atoms with Crippen molar-refractivity contribution in [1.82, 2.24) is 10.2 Å². The Bertz CT molecular complexity index is 1080. The van der Waals surface area contributed by atoms with E-state index >= 15 is 0 Å². The summed E-state index contributed by atoms with van der Waals surface area (Å²) in [7, 11) is 1.67. The van der Waals surface area contributed by atoms with E-state index in [-0.39, 0.29) is 36.7 Å². The molecule has 0 saturated heterocycles. The van der Waals surface area contributed by atoms with Gasteiger partial charge in [-0.3, -0.25) is 9.59 Å². The molecule has 2 amide bonds. The van der Waals surface area contributed by atoms with Crippen molar-refractivity contribution in [1.29, 1.82) is 0 Å². The van der Waals surface area contributed by atoms with Crippen LogP contribution in [-0.2, 0) is 4.79 Å². The van der Waals surface area contributed by atoms with E-state index in [1.165, 1.54) is 4.90 Å². The summed E-state index contributed by atoms with van der Waals surface area (Å²) in [6, 6.07) is 12.0. The van der Waals surface area contributed by atoms with Crippen molar-refractivity contribution in [2.45, 2.75) is 51.8 Å². The maximum absolute atomic E-state index is 13.5. The van der Waals surface area contributed by atoms with Crippen LogP contribution < -0.4 is 19.5 Å². The molecule has 180 valence electrons. The Labute approximate surface area is 200 Å². The molecule has 0 unspecified atom stereocenters. The first-order valence-corrected chi connectivity index (χ1v) is 11.7. The van der Waals surface area contributed by atoms with Crippen molar-refractivity contribution >= 4 is 11.8 Å². The van der Waals surface area contributed by atoms with Gasteiger partial charge in [0.2, 0.25) is 12.7 Å². The van der Waals surface area contributed by atoms with E-state index in [4.69, 9.17) is 14.2 Å². The topological polar surface area (TPSA) is 77.1 Å². The first-order chi connectivity index (χ1) is 16.3. The molecule has 0 radical (unpaired) electrons.